The van der Waals surface area contributed by atoms with Gasteiger partial charge in [0.1, 0.15) is 0 Å². The summed E-state index contributed by atoms with van der Waals surface area (Å²) in [5.74, 6) is 0.187. The molecule has 0 bridgehead atoms. The van der Waals surface area contributed by atoms with E-state index in [1.807, 2.05) is 60.8 Å². The summed E-state index contributed by atoms with van der Waals surface area (Å²) in [6.45, 7) is 0. The van der Waals surface area contributed by atoms with E-state index in [-0.39, 0.29) is 5.78 Å². The van der Waals surface area contributed by atoms with Crippen LogP contribution in [0.5, 0.6) is 0 Å². The normalized spacial score (nSPS) is 10.6. The molecule has 3 rings (SSSR count). The molecule has 98 valence electrons. The summed E-state index contributed by atoms with van der Waals surface area (Å²) in [6.07, 6.45) is 3.08. The van der Waals surface area contributed by atoms with Crippen molar-refractivity contribution < 1.29 is 4.79 Å². The van der Waals surface area contributed by atoms with Crippen molar-refractivity contribution in [2.75, 3.05) is 0 Å². The molecule has 1 heterocycles. The van der Waals surface area contributed by atoms with E-state index < -0.39 is 0 Å². The number of aromatic nitrogens is 1. The van der Waals surface area contributed by atoms with Gasteiger partial charge in [0.2, 0.25) is 0 Å². The van der Waals surface area contributed by atoms with Crippen LogP contribution in [0.25, 0.3) is 10.9 Å². The largest absolute Gasteiger partial charge is 0.294 e. The summed E-state index contributed by atoms with van der Waals surface area (Å²) in [5, 5.41) is 1.14. The Morgan fingerprint density at radius 1 is 0.900 bits per heavy atom. The van der Waals surface area contributed by atoms with E-state index in [1.165, 1.54) is 5.56 Å². The van der Waals surface area contributed by atoms with Crippen molar-refractivity contribution in [1.29, 1.82) is 0 Å². The van der Waals surface area contributed by atoms with E-state index in [0.29, 0.717) is 6.42 Å². The minimum Gasteiger partial charge on any atom is -0.294 e. The van der Waals surface area contributed by atoms with Crippen molar-refractivity contribution in [3.05, 3.63) is 78.0 Å². The fourth-order valence-electron chi connectivity index (χ4n) is 2.39. The predicted octanol–water partition coefficient (Wildman–Crippen LogP) is 4.05. The average molecular weight is 261 g/mol. The van der Waals surface area contributed by atoms with Crippen LogP contribution >= 0.6 is 0 Å². The minimum absolute atomic E-state index is 0.187. The standard InChI is InChI=1S/C18H15NO/c20-18(15-6-2-1-3-7-15)11-10-14-12-13-19-17-9-5-4-8-16(14)17/h1-9,12-13H,10-11H2. The second-order valence-electron chi connectivity index (χ2n) is 4.78. The Morgan fingerprint density at radius 2 is 1.65 bits per heavy atom. The molecule has 0 aliphatic heterocycles. The molecule has 0 radical (unpaired) electrons. The average Bonchev–Trinajstić information content (AvgIpc) is 2.53. The quantitative estimate of drug-likeness (QED) is 0.663. The van der Waals surface area contributed by atoms with Crippen LogP contribution < -0.4 is 0 Å². The number of carbonyl (C=O) groups excluding carboxylic acids is 1. The maximum absolute atomic E-state index is 12.1. The molecule has 2 aromatic carbocycles. The zero-order valence-electron chi connectivity index (χ0n) is 11.1. The maximum Gasteiger partial charge on any atom is 0.163 e. The smallest absolute Gasteiger partial charge is 0.163 e. The number of nitrogens with zero attached hydrogens (tertiary/aromatic N) is 1. The highest BCUT2D eigenvalue weighted by atomic mass is 16.1. The molecule has 1 aromatic heterocycles. The van der Waals surface area contributed by atoms with Gasteiger partial charge in [-0.1, -0.05) is 48.5 Å². The Bertz CT molecular complexity index is 729. The Morgan fingerprint density at radius 3 is 2.50 bits per heavy atom. The number of rotatable bonds is 4. The summed E-state index contributed by atoms with van der Waals surface area (Å²) in [6, 6.07) is 19.5. The van der Waals surface area contributed by atoms with Crippen molar-refractivity contribution in [3.63, 3.8) is 0 Å². The first-order chi connectivity index (χ1) is 9.84. The van der Waals surface area contributed by atoms with Gasteiger partial charge in [-0.25, -0.2) is 0 Å². The van der Waals surface area contributed by atoms with Gasteiger partial charge in [0.15, 0.2) is 5.78 Å². The third kappa shape index (κ3) is 2.59. The van der Waals surface area contributed by atoms with Crippen LogP contribution in [-0.4, -0.2) is 10.8 Å². The Labute approximate surface area is 118 Å². The van der Waals surface area contributed by atoms with Gasteiger partial charge >= 0.3 is 0 Å². The molecular formula is C18H15NO. The third-order valence-corrected chi connectivity index (χ3v) is 3.46. The topological polar surface area (TPSA) is 30.0 Å². The summed E-state index contributed by atoms with van der Waals surface area (Å²) in [7, 11) is 0. The first kappa shape index (κ1) is 12.5. The summed E-state index contributed by atoms with van der Waals surface area (Å²) >= 11 is 0. The van der Waals surface area contributed by atoms with E-state index in [0.717, 1.165) is 22.9 Å². The lowest BCUT2D eigenvalue weighted by atomic mass is 10.0. The van der Waals surface area contributed by atoms with Crippen molar-refractivity contribution in [2.24, 2.45) is 0 Å². The first-order valence-electron chi connectivity index (χ1n) is 6.75. The lowest BCUT2D eigenvalue weighted by molar-refractivity contribution is 0.0983. The maximum atomic E-state index is 12.1. The predicted molar refractivity (Wildman–Crippen MR) is 80.8 cm³/mol. The minimum atomic E-state index is 0.187. The Hall–Kier alpha value is -2.48. The fraction of sp³-hybridized carbons (Fsp3) is 0.111. The Balaban J connectivity index is 1.79. The van der Waals surface area contributed by atoms with Crippen LogP contribution in [0, 0.1) is 0 Å². The molecule has 0 atom stereocenters. The number of aryl methyl sites for hydroxylation is 1. The Kier molecular flexibility index (Phi) is 3.55. The molecule has 3 aromatic rings. The van der Waals surface area contributed by atoms with E-state index in [9.17, 15) is 4.79 Å². The molecule has 0 aliphatic rings. The summed E-state index contributed by atoms with van der Waals surface area (Å²) in [5.41, 5.74) is 2.95. The van der Waals surface area contributed by atoms with Gasteiger partial charge in [0.25, 0.3) is 0 Å². The van der Waals surface area contributed by atoms with Crippen LogP contribution in [-0.2, 0) is 6.42 Å². The lowest BCUT2D eigenvalue weighted by Gasteiger charge is -2.05. The molecule has 0 N–H and O–H groups in total. The van der Waals surface area contributed by atoms with Crippen molar-refractivity contribution in [3.8, 4) is 0 Å². The number of Topliss-reactive ketones (excluding diaryl/α,β-unsaturated/α-hetero) is 1. The highest BCUT2D eigenvalue weighted by molar-refractivity contribution is 5.96. The van der Waals surface area contributed by atoms with Gasteiger partial charge < -0.3 is 0 Å². The molecule has 2 heteroatoms. The number of hydrogen-bond donors (Lipinski definition) is 0. The zero-order valence-corrected chi connectivity index (χ0v) is 11.1. The molecule has 2 nitrogen and oxygen atoms in total. The molecular weight excluding hydrogens is 246 g/mol. The van der Waals surface area contributed by atoms with Crippen LogP contribution in [0.3, 0.4) is 0 Å². The first-order valence-corrected chi connectivity index (χ1v) is 6.75. The van der Waals surface area contributed by atoms with E-state index >= 15 is 0 Å². The van der Waals surface area contributed by atoms with Gasteiger partial charge in [0, 0.05) is 23.6 Å². The molecule has 0 saturated carbocycles. The number of fused-ring (bicyclic) bond motifs is 1. The summed E-state index contributed by atoms with van der Waals surface area (Å²) in [4.78, 5) is 16.5. The van der Waals surface area contributed by atoms with Gasteiger partial charge in [-0.05, 0) is 24.1 Å². The highest BCUT2D eigenvalue weighted by Gasteiger charge is 2.07. The molecule has 0 aliphatic carbocycles. The van der Waals surface area contributed by atoms with Crippen LogP contribution in [0.4, 0.5) is 0 Å². The second kappa shape index (κ2) is 5.66. The molecule has 0 spiro atoms. The van der Waals surface area contributed by atoms with E-state index in [4.69, 9.17) is 0 Å². The van der Waals surface area contributed by atoms with Crippen molar-refractivity contribution in [1.82, 2.24) is 4.98 Å². The van der Waals surface area contributed by atoms with Crippen molar-refractivity contribution >= 4 is 16.7 Å². The second-order valence-corrected chi connectivity index (χ2v) is 4.78. The molecule has 0 amide bonds. The zero-order chi connectivity index (χ0) is 13.8. The van der Waals surface area contributed by atoms with E-state index in [2.05, 4.69) is 11.1 Å². The number of carbonyl (C=O) groups is 1. The number of para-hydroxylation sites is 1. The van der Waals surface area contributed by atoms with Crippen LogP contribution in [0.2, 0.25) is 0 Å². The van der Waals surface area contributed by atoms with Crippen LogP contribution in [0.15, 0.2) is 66.9 Å². The fourth-order valence-corrected chi connectivity index (χ4v) is 2.39. The molecule has 20 heavy (non-hydrogen) atoms. The van der Waals surface area contributed by atoms with Crippen LogP contribution in [0.1, 0.15) is 22.3 Å². The third-order valence-electron chi connectivity index (χ3n) is 3.46. The lowest BCUT2D eigenvalue weighted by Crippen LogP contribution is -2.01. The number of benzene rings is 2. The SMILES string of the molecule is O=C(CCc1ccnc2ccccc12)c1ccccc1. The number of hydrogen-bond acceptors (Lipinski definition) is 2. The monoisotopic (exact) mass is 261 g/mol. The molecule has 0 saturated heterocycles. The van der Waals surface area contributed by atoms with Gasteiger partial charge in [-0.15, -0.1) is 0 Å². The molecule has 0 unspecified atom stereocenters. The van der Waals surface area contributed by atoms with Gasteiger partial charge in [0.05, 0.1) is 5.52 Å². The molecule has 0 fully saturated rings. The summed E-state index contributed by atoms with van der Waals surface area (Å²) < 4.78 is 0. The van der Waals surface area contributed by atoms with Crippen molar-refractivity contribution in [2.45, 2.75) is 12.8 Å². The van der Waals surface area contributed by atoms with Gasteiger partial charge in [-0.2, -0.15) is 0 Å². The highest BCUT2D eigenvalue weighted by Crippen LogP contribution is 2.18. The number of pyridine rings is 1. The number of ketones is 1. The van der Waals surface area contributed by atoms with E-state index in [1.54, 1.807) is 0 Å². The van der Waals surface area contributed by atoms with Gasteiger partial charge in [-0.3, -0.25) is 9.78 Å².